The largest absolute Gasteiger partial charge is 1.00 e. The zero-order valence-electron chi connectivity index (χ0n) is 8.28. The Morgan fingerprint density at radius 3 is 2.64 bits per heavy atom. The van der Waals surface area contributed by atoms with E-state index >= 15 is 0 Å². The van der Waals surface area contributed by atoms with E-state index in [1.807, 2.05) is 6.92 Å². The van der Waals surface area contributed by atoms with Crippen LogP contribution in [0.5, 0.6) is 0 Å². The van der Waals surface area contributed by atoms with Crippen LogP contribution >= 0.6 is 0 Å². The van der Waals surface area contributed by atoms with Gasteiger partial charge in [0.2, 0.25) is 0 Å². The first kappa shape index (κ1) is 13.4. The second-order valence-corrected chi connectivity index (χ2v) is 2.50. The molecule has 1 aromatic rings. The first-order chi connectivity index (χ1) is 6.24. The van der Waals surface area contributed by atoms with Gasteiger partial charge >= 0.3 is 29.6 Å². The zero-order chi connectivity index (χ0) is 9.68. The maximum atomic E-state index is 10.3. The van der Waals surface area contributed by atoms with Gasteiger partial charge in [0.1, 0.15) is 11.5 Å². The molecule has 0 atom stereocenters. The molecule has 0 bridgehead atoms. The number of hydrogen-bond donors (Lipinski definition) is 1. The Bertz CT molecular complexity index is 289. The molecule has 1 N–H and O–H groups in total. The predicted octanol–water partition coefficient (Wildman–Crippen LogP) is -3.33. The van der Waals surface area contributed by atoms with Gasteiger partial charge in [-0.25, -0.2) is 9.97 Å². The Labute approximate surface area is 104 Å². The number of aromatic nitrogens is 2. The fourth-order valence-electron chi connectivity index (χ4n) is 0.778. The number of carbonyl (C=O) groups excluding carboxylic acids is 1. The van der Waals surface area contributed by atoms with Gasteiger partial charge in [0.15, 0.2) is 0 Å². The Balaban J connectivity index is 0.00000169. The van der Waals surface area contributed by atoms with E-state index in [-0.39, 0.29) is 35.3 Å². The van der Waals surface area contributed by atoms with Crippen molar-refractivity contribution in [1.29, 1.82) is 0 Å². The van der Waals surface area contributed by atoms with Gasteiger partial charge in [0.05, 0.1) is 18.4 Å². The van der Waals surface area contributed by atoms with Gasteiger partial charge in [-0.3, -0.25) is 0 Å². The van der Waals surface area contributed by atoms with E-state index in [9.17, 15) is 9.90 Å². The molecule has 0 aliphatic heterocycles. The number of aromatic carboxylic acids is 1. The molecular weight excluding hydrogens is 193 g/mol. The molecule has 0 amide bonds. The Kier molecular flexibility index (Phi) is 6.44. The summed E-state index contributed by atoms with van der Waals surface area (Å²) in [6.07, 6.45) is 3.53. The summed E-state index contributed by atoms with van der Waals surface area (Å²) in [7, 11) is 0. The van der Waals surface area contributed by atoms with Crippen LogP contribution in [0.3, 0.4) is 0 Å². The smallest absolute Gasteiger partial charge is 0.543 e. The predicted molar refractivity (Wildman–Crippen MR) is 45.1 cm³/mol. The van der Waals surface area contributed by atoms with Crippen molar-refractivity contribution in [3.05, 3.63) is 18.1 Å². The molecular formula is C8H10N3NaO2. The quantitative estimate of drug-likeness (QED) is 0.518. The third-order valence-corrected chi connectivity index (χ3v) is 1.42. The summed E-state index contributed by atoms with van der Waals surface area (Å²) in [5.41, 5.74) is -0.151. The molecule has 0 spiro atoms. The van der Waals surface area contributed by atoms with Crippen molar-refractivity contribution in [2.45, 2.75) is 13.3 Å². The van der Waals surface area contributed by atoms with E-state index in [0.717, 1.165) is 13.0 Å². The minimum absolute atomic E-state index is 0. The van der Waals surface area contributed by atoms with Gasteiger partial charge in [-0.15, -0.1) is 0 Å². The summed E-state index contributed by atoms with van der Waals surface area (Å²) >= 11 is 0. The van der Waals surface area contributed by atoms with Gasteiger partial charge in [-0.1, -0.05) is 6.92 Å². The van der Waals surface area contributed by atoms with Crippen LogP contribution in [0.25, 0.3) is 0 Å². The number of nitrogens with one attached hydrogen (secondary N) is 1. The van der Waals surface area contributed by atoms with E-state index in [4.69, 9.17) is 0 Å². The molecule has 14 heavy (non-hydrogen) atoms. The fraction of sp³-hybridized carbons (Fsp3) is 0.375. The van der Waals surface area contributed by atoms with Crippen LogP contribution in [0.15, 0.2) is 12.4 Å². The molecule has 70 valence electrons. The Hall–Kier alpha value is -0.650. The maximum absolute atomic E-state index is 10.3. The minimum atomic E-state index is -1.31. The van der Waals surface area contributed by atoms with E-state index in [0.29, 0.717) is 5.82 Å². The van der Waals surface area contributed by atoms with Gasteiger partial charge in [0, 0.05) is 6.54 Å². The van der Waals surface area contributed by atoms with Crippen molar-refractivity contribution in [2.75, 3.05) is 11.9 Å². The van der Waals surface area contributed by atoms with Crippen molar-refractivity contribution < 1.29 is 39.5 Å². The average Bonchev–Trinajstić information content (AvgIpc) is 2.15. The van der Waals surface area contributed by atoms with E-state index in [1.165, 1.54) is 12.4 Å². The molecule has 1 aromatic heterocycles. The van der Waals surface area contributed by atoms with E-state index in [1.54, 1.807) is 0 Å². The second kappa shape index (κ2) is 6.75. The monoisotopic (exact) mass is 203 g/mol. The SMILES string of the molecule is CCCNc1cnc(C(=O)[O-])cn1.[Na+]. The molecule has 0 radical (unpaired) electrons. The molecule has 0 aliphatic carbocycles. The van der Waals surface area contributed by atoms with Crippen LogP contribution in [-0.2, 0) is 0 Å². The maximum Gasteiger partial charge on any atom is 1.00 e. The summed E-state index contributed by atoms with van der Waals surface area (Å²) in [5, 5.41) is 13.3. The summed E-state index contributed by atoms with van der Waals surface area (Å²) in [4.78, 5) is 17.8. The first-order valence-electron chi connectivity index (χ1n) is 4.01. The molecule has 0 aromatic carbocycles. The topological polar surface area (TPSA) is 77.9 Å². The third-order valence-electron chi connectivity index (χ3n) is 1.42. The van der Waals surface area contributed by atoms with Crippen LogP contribution in [0, 0.1) is 0 Å². The molecule has 0 aliphatic rings. The van der Waals surface area contributed by atoms with Gasteiger partial charge in [-0.05, 0) is 6.42 Å². The van der Waals surface area contributed by atoms with E-state index in [2.05, 4.69) is 15.3 Å². The molecule has 0 unspecified atom stereocenters. The number of carboxylic acid groups (broad SMARTS) is 1. The van der Waals surface area contributed by atoms with Gasteiger partial charge in [0.25, 0.3) is 0 Å². The molecule has 0 saturated heterocycles. The number of hydrogen-bond acceptors (Lipinski definition) is 5. The normalized spacial score (nSPS) is 8.93. The van der Waals surface area contributed by atoms with Crippen molar-refractivity contribution in [3.63, 3.8) is 0 Å². The van der Waals surface area contributed by atoms with Crippen LogP contribution < -0.4 is 40.0 Å². The first-order valence-corrected chi connectivity index (χ1v) is 4.01. The number of rotatable bonds is 4. The van der Waals surface area contributed by atoms with Crippen LogP contribution in [0.4, 0.5) is 5.82 Å². The average molecular weight is 203 g/mol. The minimum Gasteiger partial charge on any atom is -0.543 e. The van der Waals surface area contributed by atoms with Crippen molar-refractivity contribution in [1.82, 2.24) is 9.97 Å². The van der Waals surface area contributed by atoms with Crippen molar-refractivity contribution in [2.24, 2.45) is 0 Å². The third kappa shape index (κ3) is 4.04. The summed E-state index contributed by atoms with van der Waals surface area (Å²) in [6, 6.07) is 0. The van der Waals surface area contributed by atoms with E-state index < -0.39 is 5.97 Å². The molecule has 5 nitrogen and oxygen atoms in total. The van der Waals surface area contributed by atoms with Crippen LogP contribution in [-0.4, -0.2) is 22.5 Å². The number of carbonyl (C=O) groups is 1. The Morgan fingerprint density at radius 1 is 1.50 bits per heavy atom. The molecule has 0 saturated carbocycles. The molecule has 0 fully saturated rings. The van der Waals surface area contributed by atoms with Crippen molar-refractivity contribution in [3.8, 4) is 0 Å². The van der Waals surface area contributed by atoms with Gasteiger partial charge < -0.3 is 15.2 Å². The number of carboxylic acids is 1. The molecule has 1 heterocycles. The number of anilines is 1. The van der Waals surface area contributed by atoms with Crippen LogP contribution in [0.2, 0.25) is 0 Å². The summed E-state index contributed by atoms with van der Waals surface area (Å²) in [5.74, 6) is -0.735. The van der Waals surface area contributed by atoms with Crippen LogP contribution in [0.1, 0.15) is 23.8 Å². The summed E-state index contributed by atoms with van der Waals surface area (Å²) < 4.78 is 0. The Morgan fingerprint density at radius 2 is 2.21 bits per heavy atom. The molecule has 1 rings (SSSR count). The van der Waals surface area contributed by atoms with Gasteiger partial charge in [-0.2, -0.15) is 0 Å². The number of nitrogens with zero attached hydrogens (tertiary/aromatic N) is 2. The van der Waals surface area contributed by atoms with Crippen molar-refractivity contribution >= 4 is 11.8 Å². The standard InChI is InChI=1S/C8H11N3O2.Na/c1-2-3-9-7-5-10-6(4-11-7)8(12)13;/h4-5H,2-3H2,1H3,(H,9,11)(H,12,13);/q;+1/p-1. The summed E-state index contributed by atoms with van der Waals surface area (Å²) in [6.45, 7) is 2.81. The second-order valence-electron chi connectivity index (χ2n) is 2.50. The fourth-order valence-corrected chi connectivity index (χ4v) is 0.778. The zero-order valence-corrected chi connectivity index (χ0v) is 10.3. The molecule has 6 heteroatoms.